The lowest BCUT2D eigenvalue weighted by Crippen LogP contribution is -2.29. The molecular weight excluding hydrogens is 319 g/mol. The van der Waals surface area contributed by atoms with Crippen molar-refractivity contribution in [3.05, 3.63) is 52.1 Å². The van der Waals surface area contributed by atoms with Gasteiger partial charge in [-0.1, -0.05) is 15.9 Å². The zero-order valence-corrected chi connectivity index (χ0v) is 11.2. The maximum atomic E-state index is 13.5. The molecule has 5 nitrogen and oxygen atoms in total. The van der Waals surface area contributed by atoms with Crippen LogP contribution in [0.15, 0.2) is 39.4 Å². The van der Waals surface area contributed by atoms with E-state index in [4.69, 9.17) is 15.0 Å². The predicted molar refractivity (Wildman–Crippen MR) is 68.8 cm³/mol. The Morgan fingerprint density at radius 1 is 1.47 bits per heavy atom. The van der Waals surface area contributed by atoms with E-state index in [2.05, 4.69) is 15.9 Å². The van der Waals surface area contributed by atoms with Crippen LogP contribution in [0.5, 0.6) is 5.75 Å². The van der Waals surface area contributed by atoms with E-state index in [1.54, 1.807) is 6.07 Å². The fraction of sp³-hybridized carbons (Fsp3) is 0.0833. The summed E-state index contributed by atoms with van der Waals surface area (Å²) in [5.74, 6) is 4.52. The summed E-state index contributed by atoms with van der Waals surface area (Å²) in [6.07, 6.45) is 1.25. The molecule has 100 valence electrons. The Hall–Kier alpha value is -1.86. The first-order valence-corrected chi connectivity index (χ1v) is 6.05. The topological polar surface area (TPSA) is 77.5 Å². The van der Waals surface area contributed by atoms with Crippen LogP contribution in [-0.4, -0.2) is 5.91 Å². The smallest absolute Gasteiger partial charge is 0.268 e. The zero-order chi connectivity index (χ0) is 13.8. The van der Waals surface area contributed by atoms with Crippen molar-refractivity contribution in [2.45, 2.75) is 6.61 Å². The SMILES string of the molecule is NNC(=O)c1coc(COc2ccc(Br)cc2F)c1. The van der Waals surface area contributed by atoms with Gasteiger partial charge in [0.25, 0.3) is 5.91 Å². The van der Waals surface area contributed by atoms with Crippen LogP contribution in [0, 0.1) is 5.82 Å². The molecule has 0 radical (unpaired) electrons. The molecule has 1 amide bonds. The zero-order valence-electron chi connectivity index (χ0n) is 9.65. The number of carbonyl (C=O) groups excluding carboxylic acids is 1. The third kappa shape index (κ3) is 3.33. The summed E-state index contributed by atoms with van der Waals surface area (Å²) in [5.41, 5.74) is 2.25. The molecule has 2 rings (SSSR count). The Balaban J connectivity index is 2.02. The highest BCUT2D eigenvalue weighted by molar-refractivity contribution is 9.10. The minimum Gasteiger partial charge on any atom is -0.483 e. The number of furan rings is 1. The van der Waals surface area contributed by atoms with Gasteiger partial charge in [-0.25, -0.2) is 10.2 Å². The summed E-state index contributed by atoms with van der Waals surface area (Å²) >= 11 is 3.15. The van der Waals surface area contributed by atoms with Crippen molar-refractivity contribution in [3.8, 4) is 5.75 Å². The van der Waals surface area contributed by atoms with Gasteiger partial charge < -0.3 is 9.15 Å². The van der Waals surface area contributed by atoms with E-state index >= 15 is 0 Å². The second-order valence-corrected chi connectivity index (χ2v) is 4.55. The van der Waals surface area contributed by atoms with E-state index < -0.39 is 11.7 Å². The van der Waals surface area contributed by atoms with Crippen molar-refractivity contribution in [2.75, 3.05) is 0 Å². The van der Waals surface area contributed by atoms with E-state index in [-0.39, 0.29) is 17.9 Å². The normalized spacial score (nSPS) is 10.3. The first-order valence-electron chi connectivity index (χ1n) is 5.26. The molecule has 3 N–H and O–H groups in total. The van der Waals surface area contributed by atoms with E-state index in [0.29, 0.717) is 10.2 Å². The Labute approximate surface area is 116 Å². The quantitative estimate of drug-likeness (QED) is 0.513. The van der Waals surface area contributed by atoms with Crippen molar-refractivity contribution in [1.29, 1.82) is 0 Å². The Kier molecular flexibility index (Phi) is 4.18. The van der Waals surface area contributed by atoms with Crippen LogP contribution in [0.3, 0.4) is 0 Å². The highest BCUT2D eigenvalue weighted by Crippen LogP contribution is 2.22. The summed E-state index contributed by atoms with van der Waals surface area (Å²) in [6, 6.07) is 5.92. The standard InChI is InChI=1S/C12H10BrFN2O3/c13-8-1-2-11(10(14)4-8)19-6-9-3-7(5-18-9)12(17)16-15/h1-5H,6,15H2,(H,16,17). The molecule has 0 bridgehead atoms. The van der Waals surface area contributed by atoms with Gasteiger partial charge >= 0.3 is 0 Å². The maximum Gasteiger partial charge on any atom is 0.268 e. The molecule has 1 heterocycles. The highest BCUT2D eigenvalue weighted by Gasteiger charge is 2.10. The number of nitrogens with one attached hydrogen (secondary N) is 1. The summed E-state index contributed by atoms with van der Waals surface area (Å²) in [4.78, 5) is 11.2. The summed E-state index contributed by atoms with van der Waals surface area (Å²) < 4.78 is 24.4. The maximum absolute atomic E-state index is 13.5. The minimum absolute atomic E-state index is 0.0103. The van der Waals surface area contributed by atoms with Crippen LogP contribution in [0.4, 0.5) is 4.39 Å². The monoisotopic (exact) mass is 328 g/mol. The van der Waals surface area contributed by atoms with E-state index in [0.717, 1.165) is 0 Å². The van der Waals surface area contributed by atoms with E-state index in [1.807, 2.05) is 5.43 Å². The number of amides is 1. The van der Waals surface area contributed by atoms with Gasteiger partial charge in [-0.15, -0.1) is 0 Å². The molecule has 0 saturated heterocycles. The van der Waals surface area contributed by atoms with Gasteiger partial charge in [0.1, 0.15) is 18.6 Å². The fourth-order valence-electron chi connectivity index (χ4n) is 1.40. The molecule has 0 fully saturated rings. The number of hydrazine groups is 1. The summed E-state index contributed by atoms with van der Waals surface area (Å²) in [5, 5.41) is 0. The average molecular weight is 329 g/mol. The molecule has 2 aromatic rings. The highest BCUT2D eigenvalue weighted by atomic mass is 79.9. The number of halogens is 2. The lowest BCUT2D eigenvalue weighted by atomic mass is 10.3. The number of rotatable bonds is 4. The number of ether oxygens (including phenoxy) is 1. The number of nitrogens with two attached hydrogens (primary N) is 1. The van der Waals surface area contributed by atoms with Crippen molar-refractivity contribution >= 4 is 21.8 Å². The van der Waals surface area contributed by atoms with Crippen LogP contribution >= 0.6 is 15.9 Å². The predicted octanol–water partition coefficient (Wildman–Crippen LogP) is 2.36. The number of carbonyl (C=O) groups is 1. The van der Waals surface area contributed by atoms with Gasteiger partial charge in [-0.2, -0.15) is 0 Å². The van der Waals surface area contributed by atoms with Crippen molar-refractivity contribution in [1.82, 2.24) is 5.43 Å². The van der Waals surface area contributed by atoms with Crippen molar-refractivity contribution in [3.63, 3.8) is 0 Å². The minimum atomic E-state index is -0.485. The molecule has 0 unspecified atom stereocenters. The second kappa shape index (κ2) is 5.85. The first kappa shape index (κ1) is 13.6. The molecule has 0 atom stereocenters. The van der Waals surface area contributed by atoms with Crippen molar-refractivity contribution in [2.24, 2.45) is 5.84 Å². The molecule has 0 spiro atoms. The Bertz CT molecular complexity index is 600. The molecule has 0 aliphatic carbocycles. The van der Waals surface area contributed by atoms with E-state index in [9.17, 15) is 9.18 Å². The number of nitrogen functional groups attached to an aromatic ring is 1. The molecule has 0 aliphatic heterocycles. The second-order valence-electron chi connectivity index (χ2n) is 3.64. The fourth-order valence-corrected chi connectivity index (χ4v) is 1.73. The van der Waals surface area contributed by atoms with Gasteiger partial charge in [0.15, 0.2) is 11.6 Å². The average Bonchev–Trinajstić information content (AvgIpc) is 2.85. The molecule has 1 aromatic heterocycles. The molecule has 1 aromatic carbocycles. The molecule has 7 heteroatoms. The third-order valence-corrected chi connectivity index (χ3v) is 2.80. The Morgan fingerprint density at radius 2 is 2.26 bits per heavy atom. The number of benzene rings is 1. The number of hydrogen-bond acceptors (Lipinski definition) is 4. The first-order chi connectivity index (χ1) is 9.10. The largest absolute Gasteiger partial charge is 0.483 e. The van der Waals surface area contributed by atoms with Gasteiger partial charge in [-0.3, -0.25) is 10.2 Å². The van der Waals surface area contributed by atoms with Gasteiger partial charge in [0.2, 0.25) is 0 Å². The van der Waals surface area contributed by atoms with Crippen LogP contribution in [0.1, 0.15) is 16.1 Å². The van der Waals surface area contributed by atoms with Crippen LogP contribution in [0.25, 0.3) is 0 Å². The Morgan fingerprint density at radius 3 is 2.95 bits per heavy atom. The van der Waals surface area contributed by atoms with Crippen LogP contribution in [0.2, 0.25) is 0 Å². The summed E-state index contributed by atoms with van der Waals surface area (Å²) in [6.45, 7) is 0.0103. The third-order valence-electron chi connectivity index (χ3n) is 2.31. The molecule has 0 aliphatic rings. The lowest BCUT2D eigenvalue weighted by molar-refractivity contribution is 0.0953. The molecule has 19 heavy (non-hydrogen) atoms. The molecular formula is C12H10BrFN2O3. The summed E-state index contributed by atoms with van der Waals surface area (Å²) in [7, 11) is 0. The lowest BCUT2D eigenvalue weighted by Gasteiger charge is -2.05. The molecule has 0 saturated carbocycles. The van der Waals surface area contributed by atoms with E-state index in [1.165, 1.54) is 24.5 Å². The van der Waals surface area contributed by atoms with Crippen LogP contribution < -0.4 is 16.0 Å². The van der Waals surface area contributed by atoms with Crippen molar-refractivity contribution < 1.29 is 18.3 Å². The number of hydrogen-bond donors (Lipinski definition) is 2. The van der Waals surface area contributed by atoms with Gasteiger partial charge in [0.05, 0.1) is 5.56 Å². The van der Waals surface area contributed by atoms with Crippen LogP contribution in [-0.2, 0) is 6.61 Å². The van der Waals surface area contributed by atoms with Gasteiger partial charge in [-0.05, 0) is 24.3 Å². The van der Waals surface area contributed by atoms with Gasteiger partial charge in [0, 0.05) is 4.47 Å².